The fourth-order valence-corrected chi connectivity index (χ4v) is 3.35. The third-order valence-electron chi connectivity index (χ3n) is 4.32. The molecule has 2 rings (SSSR count). The Bertz CT molecular complexity index is 492. The molecule has 0 aromatic heterocycles. The number of hydrogen-bond donors (Lipinski definition) is 0. The van der Waals surface area contributed by atoms with Crippen molar-refractivity contribution in [3.05, 3.63) is 35.1 Å². The normalized spacial score (nSPS) is 23.1. The highest BCUT2D eigenvalue weighted by molar-refractivity contribution is 5.54. The third-order valence-corrected chi connectivity index (χ3v) is 4.32. The van der Waals surface area contributed by atoms with Crippen LogP contribution in [-0.2, 0) is 25.5 Å². The van der Waals surface area contributed by atoms with Crippen molar-refractivity contribution in [3.63, 3.8) is 0 Å². The molecule has 1 unspecified atom stereocenters. The predicted molar refractivity (Wildman–Crippen MR) is 69.3 cm³/mol. The Morgan fingerprint density at radius 1 is 1.26 bits per heavy atom. The van der Waals surface area contributed by atoms with Crippen molar-refractivity contribution in [2.24, 2.45) is 5.92 Å². The van der Waals surface area contributed by atoms with Gasteiger partial charge in [0.05, 0.1) is 0 Å². The lowest BCUT2D eigenvalue weighted by molar-refractivity contribution is -0.251. The molecule has 0 heterocycles. The maximum Gasteiger partial charge on any atom is 0.198 e. The summed E-state index contributed by atoms with van der Waals surface area (Å²) in [7, 11) is 3.05. The van der Waals surface area contributed by atoms with Gasteiger partial charge in [0, 0.05) is 32.1 Å². The number of rotatable bonds is 4. The molecule has 0 saturated carbocycles. The first-order chi connectivity index (χ1) is 8.94. The SMILES string of the molecule is COC1(OC)c2cc(F)ccc2C(C)(C)C1CC=O. The highest BCUT2D eigenvalue weighted by Crippen LogP contribution is 2.55. The Morgan fingerprint density at radius 3 is 2.42 bits per heavy atom. The van der Waals surface area contributed by atoms with Gasteiger partial charge in [0.25, 0.3) is 0 Å². The average Bonchev–Trinajstić information content (AvgIpc) is 2.56. The molecule has 3 nitrogen and oxygen atoms in total. The van der Waals surface area contributed by atoms with Gasteiger partial charge in [-0.3, -0.25) is 0 Å². The van der Waals surface area contributed by atoms with E-state index in [2.05, 4.69) is 0 Å². The molecule has 1 aromatic rings. The second kappa shape index (κ2) is 4.69. The van der Waals surface area contributed by atoms with Crippen LogP contribution in [-0.4, -0.2) is 20.5 Å². The van der Waals surface area contributed by atoms with Crippen LogP contribution < -0.4 is 0 Å². The second-order valence-corrected chi connectivity index (χ2v) is 5.44. The molecule has 0 aliphatic heterocycles. The molecule has 1 aliphatic rings. The summed E-state index contributed by atoms with van der Waals surface area (Å²) in [5.41, 5.74) is 1.31. The molecule has 0 N–H and O–H groups in total. The molecule has 1 aliphatic carbocycles. The van der Waals surface area contributed by atoms with Crippen molar-refractivity contribution in [2.45, 2.75) is 31.5 Å². The molecule has 0 amide bonds. The van der Waals surface area contributed by atoms with Gasteiger partial charge in [-0.15, -0.1) is 0 Å². The monoisotopic (exact) mass is 266 g/mol. The topological polar surface area (TPSA) is 35.5 Å². The van der Waals surface area contributed by atoms with Crippen LogP contribution in [0.4, 0.5) is 4.39 Å². The van der Waals surface area contributed by atoms with Crippen LogP contribution in [0, 0.1) is 11.7 Å². The molecule has 0 radical (unpaired) electrons. The van der Waals surface area contributed by atoms with Crippen molar-refractivity contribution in [3.8, 4) is 0 Å². The Hall–Kier alpha value is -1.26. The highest BCUT2D eigenvalue weighted by atomic mass is 19.1. The predicted octanol–water partition coefficient (Wildman–Crippen LogP) is 2.77. The van der Waals surface area contributed by atoms with Crippen molar-refractivity contribution >= 4 is 6.29 Å². The zero-order valence-corrected chi connectivity index (χ0v) is 11.7. The molecule has 19 heavy (non-hydrogen) atoms. The van der Waals surface area contributed by atoms with E-state index in [-0.39, 0.29) is 17.2 Å². The van der Waals surface area contributed by atoms with Gasteiger partial charge in [0.1, 0.15) is 12.1 Å². The van der Waals surface area contributed by atoms with E-state index in [1.165, 1.54) is 26.4 Å². The number of methoxy groups -OCH3 is 2. The lowest BCUT2D eigenvalue weighted by atomic mass is 9.75. The highest BCUT2D eigenvalue weighted by Gasteiger charge is 2.57. The second-order valence-electron chi connectivity index (χ2n) is 5.44. The van der Waals surface area contributed by atoms with E-state index in [1.54, 1.807) is 6.07 Å². The third kappa shape index (κ3) is 1.82. The van der Waals surface area contributed by atoms with Crippen molar-refractivity contribution in [1.82, 2.24) is 0 Å². The maximum atomic E-state index is 13.6. The van der Waals surface area contributed by atoms with Gasteiger partial charge in [-0.25, -0.2) is 4.39 Å². The Morgan fingerprint density at radius 2 is 1.89 bits per heavy atom. The number of hydrogen-bond acceptors (Lipinski definition) is 3. The first-order valence-corrected chi connectivity index (χ1v) is 6.28. The van der Waals surface area contributed by atoms with Crippen molar-refractivity contribution in [2.75, 3.05) is 14.2 Å². The summed E-state index contributed by atoms with van der Waals surface area (Å²) in [6, 6.07) is 4.62. The number of ether oxygens (including phenoxy) is 2. The van der Waals surface area contributed by atoms with Crippen LogP contribution in [0.5, 0.6) is 0 Å². The van der Waals surface area contributed by atoms with Gasteiger partial charge < -0.3 is 14.3 Å². The van der Waals surface area contributed by atoms with Gasteiger partial charge >= 0.3 is 0 Å². The lowest BCUT2D eigenvalue weighted by Gasteiger charge is -2.37. The first kappa shape index (κ1) is 14.2. The molecule has 0 fully saturated rings. The van der Waals surface area contributed by atoms with Gasteiger partial charge in [-0.1, -0.05) is 19.9 Å². The van der Waals surface area contributed by atoms with Crippen molar-refractivity contribution < 1.29 is 18.7 Å². The number of aldehydes is 1. The zero-order chi connectivity index (χ0) is 14.3. The largest absolute Gasteiger partial charge is 0.349 e. The van der Waals surface area contributed by atoms with Crippen LogP contribution in [0.3, 0.4) is 0 Å². The first-order valence-electron chi connectivity index (χ1n) is 6.28. The molecule has 0 bridgehead atoms. The Kier molecular flexibility index (Phi) is 3.49. The summed E-state index contributed by atoms with van der Waals surface area (Å²) >= 11 is 0. The van der Waals surface area contributed by atoms with E-state index >= 15 is 0 Å². The minimum absolute atomic E-state index is 0.190. The molecular formula is C15H19FO3. The average molecular weight is 266 g/mol. The van der Waals surface area contributed by atoms with Crippen LogP contribution in [0.2, 0.25) is 0 Å². The molecular weight excluding hydrogens is 247 g/mol. The van der Waals surface area contributed by atoms with E-state index in [1.807, 2.05) is 13.8 Å². The van der Waals surface area contributed by atoms with E-state index in [0.29, 0.717) is 12.0 Å². The van der Waals surface area contributed by atoms with E-state index < -0.39 is 5.79 Å². The summed E-state index contributed by atoms with van der Waals surface area (Å²) in [6.07, 6.45) is 1.16. The minimum atomic E-state index is -1.07. The zero-order valence-electron chi connectivity index (χ0n) is 11.7. The fraction of sp³-hybridized carbons (Fsp3) is 0.533. The van der Waals surface area contributed by atoms with Gasteiger partial charge in [0.2, 0.25) is 0 Å². The van der Waals surface area contributed by atoms with Crippen molar-refractivity contribution in [1.29, 1.82) is 0 Å². The summed E-state index contributed by atoms with van der Waals surface area (Å²) in [6.45, 7) is 4.05. The summed E-state index contributed by atoms with van der Waals surface area (Å²) in [5.74, 6) is -1.59. The van der Waals surface area contributed by atoms with Crippen LogP contribution in [0.1, 0.15) is 31.4 Å². The molecule has 1 aromatic carbocycles. The number of halogens is 1. The molecule has 1 atom stereocenters. The van der Waals surface area contributed by atoms with E-state index in [9.17, 15) is 9.18 Å². The van der Waals surface area contributed by atoms with E-state index in [4.69, 9.17) is 9.47 Å². The molecule has 0 saturated heterocycles. The smallest absolute Gasteiger partial charge is 0.198 e. The number of carbonyl (C=O) groups excluding carboxylic acids is 1. The fourth-order valence-electron chi connectivity index (χ4n) is 3.35. The summed E-state index contributed by atoms with van der Waals surface area (Å²) in [4.78, 5) is 11.0. The van der Waals surface area contributed by atoms with Crippen LogP contribution >= 0.6 is 0 Å². The van der Waals surface area contributed by atoms with Gasteiger partial charge in [-0.05, 0) is 23.1 Å². The summed E-state index contributed by atoms with van der Waals surface area (Å²) < 4.78 is 24.7. The minimum Gasteiger partial charge on any atom is -0.349 e. The number of benzene rings is 1. The Balaban J connectivity index is 2.70. The van der Waals surface area contributed by atoms with Gasteiger partial charge in [-0.2, -0.15) is 0 Å². The number of carbonyl (C=O) groups is 1. The molecule has 4 heteroatoms. The maximum absolute atomic E-state index is 13.6. The van der Waals surface area contributed by atoms with Gasteiger partial charge in [0.15, 0.2) is 5.79 Å². The molecule has 0 spiro atoms. The van der Waals surface area contributed by atoms with E-state index in [0.717, 1.165) is 11.8 Å². The Labute approximate surface area is 112 Å². The van der Waals surface area contributed by atoms with Crippen LogP contribution in [0.15, 0.2) is 18.2 Å². The number of fused-ring (bicyclic) bond motifs is 1. The molecule has 104 valence electrons. The lowest BCUT2D eigenvalue weighted by Crippen LogP contribution is -2.41. The standard InChI is InChI=1S/C15H19FO3/c1-14(2)11-6-5-10(16)9-12(11)15(18-3,19-4)13(14)7-8-17/h5-6,8-9,13H,7H2,1-4H3. The summed E-state index contributed by atoms with van der Waals surface area (Å²) in [5, 5.41) is 0. The van der Waals surface area contributed by atoms with Crippen LogP contribution in [0.25, 0.3) is 0 Å². The quantitative estimate of drug-likeness (QED) is 0.621.